The molecule has 2 rings (SSSR count). The van der Waals surface area contributed by atoms with Gasteiger partial charge in [0.1, 0.15) is 5.82 Å². The second kappa shape index (κ2) is 10.4. The first-order chi connectivity index (χ1) is 13.7. The minimum Gasteiger partial charge on any atom is -0.356 e. The lowest BCUT2D eigenvalue weighted by molar-refractivity contribution is 0.503. The van der Waals surface area contributed by atoms with Crippen LogP contribution in [-0.4, -0.2) is 40.3 Å². The fourth-order valence-corrected chi connectivity index (χ4v) is 3.60. The number of nitrogens with one attached hydrogen (secondary N) is 3. The number of rotatable bonds is 9. The van der Waals surface area contributed by atoms with E-state index in [1.807, 2.05) is 50.2 Å². The van der Waals surface area contributed by atoms with E-state index in [1.165, 1.54) is 12.1 Å². The van der Waals surface area contributed by atoms with Gasteiger partial charge in [0.15, 0.2) is 5.96 Å². The summed E-state index contributed by atoms with van der Waals surface area (Å²) in [4.78, 5) is 4.12. The Labute approximate surface area is 172 Å². The maximum absolute atomic E-state index is 13.5. The van der Waals surface area contributed by atoms with Crippen molar-refractivity contribution < 1.29 is 12.8 Å². The van der Waals surface area contributed by atoms with Gasteiger partial charge < -0.3 is 10.6 Å². The number of hydrogen-bond donors (Lipinski definition) is 3. The number of benzene rings is 2. The van der Waals surface area contributed by atoms with Crippen molar-refractivity contribution in [3.63, 3.8) is 0 Å². The summed E-state index contributed by atoms with van der Waals surface area (Å²) in [6.45, 7) is 4.98. The van der Waals surface area contributed by atoms with Gasteiger partial charge in [-0.25, -0.2) is 17.5 Å². The summed E-state index contributed by atoms with van der Waals surface area (Å²) in [5.41, 5.74) is 1.44. The van der Waals surface area contributed by atoms with Gasteiger partial charge >= 0.3 is 0 Å². The van der Waals surface area contributed by atoms with Crippen molar-refractivity contribution in [1.82, 2.24) is 15.4 Å². The Balaban J connectivity index is 1.79. The molecule has 0 atom stereocenters. The van der Waals surface area contributed by atoms with Gasteiger partial charge in [0.25, 0.3) is 0 Å². The molecule has 0 saturated carbocycles. The van der Waals surface area contributed by atoms with E-state index in [0.717, 1.165) is 11.1 Å². The van der Waals surface area contributed by atoms with Crippen LogP contribution in [0.5, 0.6) is 0 Å². The van der Waals surface area contributed by atoms with Crippen LogP contribution in [0.15, 0.2) is 59.6 Å². The Morgan fingerprint density at radius 2 is 1.79 bits per heavy atom. The van der Waals surface area contributed by atoms with Crippen LogP contribution in [0.4, 0.5) is 4.39 Å². The molecule has 0 unspecified atom stereocenters. The molecule has 0 heterocycles. The van der Waals surface area contributed by atoms with Gasteiger partial charge in [0.2, 0.25) is 10.0 Å². The van der Waals surface area contributed by atoms with E-state index in [9.17, 15) is 12.8 Å². The lowest BCUT2D eigenvalue weighted by Crippen LogP contribution is -2.45. The first-order valence-electron chi connectivity index (χ1n) is 9.44. The number of nitrogens with zero attached hydrogens (tertiary/aromatic N) is 1. The normalized spacial score (nSPS) is 12.6. The zero-order valence-electron chi connectivity index (χ0n) is 17.1. The Morgan fingerprint density at radius 1 is 1.07 bits per heavy atom. The predicted molar refractivity (Wildman–Crippen MR) is 116 cm³/mol. The third-order valence-electron chi connectivity index (χ3n) is 4.53. The smallest absolute Gasteiger partial charge is 0.213 e. The molecule has 0 aliphatic carbocycles. The van der Waals surface area contributed by atoms with E-state index in [2.05, 4.69) is 20.3 Å². The monoisotopic (exact) mass is 420 g/mol. The number of aliphatic imine (C=N–C) groups is 1. The zero-order chi connectivity index (χ0) is 21.3. The molecular weight excluding hydrogens is 391 g/mol. The third-order valence-corrected chi connectivity index (χ3v) is 5.86. The Hall–Kier alpha value is -2.45. The molecule has 0 amide bonds. The number of guanidine groups is 1. The minimum absolute atomic E-state index is 0.0756. The highest BCUT2D eigenvalue weighted by atomic mass is 32.2. The maximum atomic E-state index is 13.5. The van der Waals surface area contributed by atoms with Gasteiger partial charge in [0.05, 0.1) is 5.75 Å². The van der Waals surface area contributed by atoms with Crippen molar-refractivity contribution in [1.29, 1.82) is 0 Å². The molecule has 0 bridgehead atoms. The molecular formula is C21H29FN4O2S. The maximum Gasteiger partial charge on any atom is 0.213 e. The highest BCUT2D eigenvalue weighted by molar-refractivity contribution is 7.89. The Kier molecular flexibility index (Phi) is 8.16. The molecule has 3 N–H and O–H groups in total. The molecule has 0 aliphatic heterocycles. The van der Waals surface area contributed by atoms with Crippen LogP contribution in [0.1, 0.15) is 25.0 Å². The largest absolute Gasteiger partial charge is 0.356 e. The van der Waals surface area contributed by atoms with Crippen molar-refractivity contribution in [3.8, 4) is 0 Å². The van der Waals surface area contributed by atoms with Crippen molar-refractivity contribution in [2.24, 2.45) is 4.99 Å². The standard InChI is InChI=1S/C21H29FN4O2S/c1-21(2,18-10-7-11-19(22)14-18)16-25-20(23-3)24-12-13-29(27,28)26-15-17-8-5-4-6-9-17/h4-11,14,26H,12-13,15-16H2,1-3H3,(H2,23,24,25). The average molecular weight is 421 g/mol. The molecule has 158 valence electrons. The van der Waals surface area contributed by atoms with E-state index in [4.69, 9.17) is 0 Å². The summed E-state index contributed by atoms with van der Waals surface area (Å²) in [6.07, 6.45) is 0. The quantitative estimate of drug-likeness (QED) is 0.430. The van der Waals surface area contributed by atoms with Gasteiger partial charge in [-0.15, -0.1) is 0 Å². The van der Waals surface area contributed by atoms with Crippen LogP contribution < -0.4 is 15.4 Å². The lowest BCUT2D eigenvalue weighted by Gasteiger charge is -2.26. The van der Waals surface area contributed by atoms with Gasteiger partial charge in [-0.2, -0.15) is 0 Å². The van der Waals surface area contributed by atoms with Crippen LogP contribution in [-0.2, 0) is 22.0 Å². The summed E-state index contributed by atoms with van der Waals surface area (Å²) in [5, 5.41) is 6.18. The molecule has 0 saturated heterocycles. The van der Waals surface area contributed by atoms with Crippen molar-refractivity contribution >= 4 is 16.0 Å². The SMILES string of the molecule is CN=C(NCCS(=O)(=O)NCc1ccccc1)NCC(C)(C)c1cccc(F)c1. The van der Waals surface area contributed by atoms with Crippen LogP contribution in [0.2, 0.25) is 0 Å². The lowest BCUT2D eigenvalue weighted by atomic mass is 9.84. The number of hydrogen-bond acceptors (Lipinski definition) is 3. The Morgan fingerprint density at radius 3 is 2.45 bits per heavy atom. The van der Waals surface area contributed by atoms with Crippen molar-refractivity contribution in [3.05, 3.63) is 71.5 Å². The second-order valence-corrected chi connectivity index (χ2v) is 9.30. The molecule has 0 fully saturated rings. The van der Waals surface area contributed by atoms with Gasteiger partial charge in [-0.3, -0.25) is 4.99 Å². The highest BCUT2D eigenvalue weighted by Gasteiger charge is 2.21. The molecule has 2 aromatic rings. The summed E-state index contributed by atoms with van der Waals surface area (Å²) in [6, 6.07) is 15.9. The molecule has 0 aromatic heterocycles. The van der Waals surface area contributed by atoms with E-state index in [1.54, 1.807) is 13.1 Å². The molecule has 0 radical (unpaired) electrons. The molecule has 0 spiro atoms. The molecule has 29 heavy (non-hydrogen) atoms. The van der Waals surface area contributed by atoms with E-state index in [0.29, 0.717) is 12.5 Å². The topological polar surface area (TPSA) is 82.6 Å². The van der Waals surface area contributed by atoms with Crippen LogP contribution in [0.3, 0.4) is 0 Å². The first kappa shape index (κ1) is 22.8. The summed E-state index contributed by atoms with van der Waals surface area (Å²) in [7, 11) is -1.79. The predicted octanol–water partition coefficient (Wildman–Crippen LogP) is 2.39. The molecule has 2 aromatic carbocycles. The van der Waals surface area contributed by atoms with Crippen molar-refractivity contribution in [2.75, 3.05) is 25.9 Å². The van der Waals surface area contributed by atoms with E-state index >= 15 is 0 Å². The van der Waals surface area contributed by atoms with E-state index < -0.39 is 10.0 Å². The Bertz CT molecular complexity index is 915. The summed E-state index contributed by atoms with van der Waals surface area (Å²) < 4.78 is 40.4. The van der Waals surface area contributed by atoms with Crippen LogP contribution in [0, 0.1) is 5.82 Å². The van der Waals surface area contributed by atoms with Crippen LogP contribution in [0.25, 0.3) is 0 Å². The number of halogens is 1. The van der Waals surface area contributed by atoms with Crippen LogP contribution >= 0.6 is 0 Å². The average Bonchev–Trinajstić information content (AvgIpc) is 2.70. The minimum atomic E-state index is -3.41. The van der Waals surface area contributed by atoms with Gasteiger partial charge in [-0.1, -0.05) is 56.3 Å². The highest BCUT2D eigenvalue weighted by Crippen LogP contribution is 2.22. The third kappa shape index (κ3) is 7.83. The van der Waals surface area contributed by atoms with Crippen molar-refractivity contribution in [2.45, 2.75) is 25.8 Å². The molecule has 8 heteroatoms. The summed E-state index contributed by atoms with van der Waals surface area (Å²) in [5.74, 6) is 0.146. The van der Waals surface area contributed by atoms with Gasteiger partial charge in [0, 0.05) is 32.1 Å². The molecule has 0 aliphatic rings. The summed E-state index contributed by atoms with van der Waals surface area (Å²) >= 11 is 0. The fraction of sp³-hybridized carbons (Fsp3) is 0.381. The fourth-order valence-electron chi connectivity index (χ4n) is 2.70. The number of sulfonamides is 1. The van der Waals surface area contributed by atoms with Gasteiger partial charge in [-0.05, 0) is 23.3 Å². The zero-order valence-corrected chi connectivity index (χ0v) is 17.9. The first-order valence-corrected chi connectivity index (χ1v) is 11.1. The van der Waals surface area contributed by atoms with E-state index in [-0.39, 0.29) is 30.1 Å². The molecule has 6 nitrogen and oxygen atoms in total. The second-order valence-electron chi connectivity index (χ2n) is 7.37.